The molecule has 0 aromatic carbocycles. The van der Waals surface area contributed by atoms with Crippen molar-refractivity contribution in [3.8, 4) is 6.07 Å². The largest absolute Gasteiger partial charge is 0.333 e. The lowest BCUT2D eigenvalue weighted by Gasteiger charge is -2.21. The van der Waals surface area contributed by atoms with Crippen LogP contribution in [0, 0.1) is 18.3 Å². The van der Waals surface area contributed by atoms with Crippen LogP contribution in [0.1, 0.15) is 65.8 Å². The Morgan fingerprint density at radius 3 is 2.58 bits per heavy atom. The lowest BCUT2D eigenvalue weighted by atomic mass is 10.00. The topological polar surface area (TPSA) is 65.8 Å². The number of aromatic nitrogens is 1. The van der Waals surface area contributed by atoms with E-state index in [1.807, 2.05) is 6.92 Å². The van der Waals surface area contributed by atoms with Crippen molar-refractivity contribution in [2.75, 3.05) is 0 Å². The third-order valence-electron chi connectivity index (χ3n) is 3.54. The van der Waals surface area contributed by atoms with E-state index < -0.39 is 5.54 Å². The molecule has 1 amide bonds. The molecule has 0 aliphatic heterocycles. The molecule has 1 aromatic rings. The van der Waals surface area contributed by atoms with Crippen LogP contribution in [0.15, 0.2) is 0 Å². The lowest BCUT2D eigenvalue weighted by Crippen LogP contribution is -2.45. The summed E-state index contributed by atoms with van der Waals surface area (Å²) in [6.45, 7) is 5.98. The number of carbonyl (C=O) groups is 1. The first-order valence-corrected chi connectivity index (χ1v) is 7.50. The molecule has 1 aliphatic carbocycles. The number of thiazole rings is 1. The third-order valence-corrected chi connectivity index (χ3v) is 4.99. The number of aryl methyl sites for hydroxylation is 1. The standard InChI is InChI=1S/C14H19N3OS/c1-9(2)13-16-10(3)11(19-13)12(18)17-14(8-15)6-4-5-7-14/h9H,4-7H2,1-3H3,(H,17,18). The number of nitrogens with one attached hydrogen (secondary N) is 1. The van der Waals surface area contributed by atoms with Gasteiger partial charge in [0.1, 0.15) is 10.4 Å². The Labute approximate surface area is 117 Å². The minimum atomic E-state index is -0.661. The summed E-state index contributed by atoms with van der Waals surface area (Å²) < 4.78 is 0. The molecule has 1 saturated carbocycles. The zero-order valence-corrected chi connectivity index (χ0v) is 12.4. The molecular weight excluding hydrogens is 258 g/mol. The number of carbonyl (C=O) groups excluding carboxylic acids is 1. The predicted molar refractivity (Wildman–Crippen MR) is 75.2 cm³/mol. The van der Waals surface area contributed by atoms with E-state index in [9.17, 15) is 10.1 Å². The van der Waals surface area contributed by atoms with E-state index >= 15 is 0 Å². The fourth-order valence-electron chi connectivity index (χ4n) is 2.39. The van der Waals surface area contributed by atoms with Gasteiger partial charge in [-0.05, 0) is 32.6 Å². The van der Waals surface area contributed by atoms with Crippen LogP contribution < -0.4 is 5.32 Å². The van der Waals surface area contributed by atoms with Gasteiger partial charge in [0, 0.05) is 5.92 Å². The molecule has 0 spiro atoms. The second-order valence-corrected chi connectivity index (χ2v) is 6.51. The van der Waals surface area contributed by atoms with Gasteiger partial charge in [-0.15, -0.1) is 11.3 Å². The SMILES string of the molecule is Cc1nc(C(C)C)sc1C(=O)NC1(C#N)CCCC1. The fourth-order valence-corrected chi connectivity index (χ4v) is 3.36. The summed E-state index contributed by atoms with van der Waals surface area (Å²) in [4.78, 5) is 17.4. The number of nitrogens with zero attached hydrogens (tertiary/aromatic N) is 2. The molecule has 0 atom stereocenters. The van der Waals surface area contributed by atoms with E-state index in [2.05, 4.69) is 30.2 Å². The van der Waals surface area contributed by atoms with Crippen LogP contribution in [-0.4, -0.2) is 16.4 Å². The van der Waals surface area contributed by atoms with Gasteiger partial charge in [-0.2, -0.15) is 5.26 Å². The summed E-state index contributed by atoms with van der Waals surface area (Å²) in [7, 11) is 0. The summed E-state index contributed by atoms with van der Waals surface area (Å²) in [6, 6.07) is 2.28. The number of nitriles is 1. The Bertz CT molecular complexity index is 521. The van der Waals surface area contributed by atoms with Crippen molar-refractivity contribution in [3.05, 3.63) is 15.6 Å². The van der Waals surface area contributed by atoms with Gasteiger partial charge in [-0.1, -0.05) is 13.8 Å². The first-order valence-electron chi connectivity index (χ1n) is 6.68. The van der Waals surface area contributed by atoms with E-state index in [-0.39, 0.29) is 5.91 Å². The van der Waals surface area contributed by atoms with Gasteiger partial charge in [-0.25, -0.2) is 4.98 Å². The fraction of sp³-hybridized carbons (Fsp3) is 0.643. The van der Waals surface area contributed by atoms with Gasteiger partial charge < -0.3 is 5.32 Å². The highest BCUT2D eigenvalue weighted by molar-refractivity contribution is 7.13. The van der Waals surface area contributed by atoms with Gasteiger partial charge in [0.25, 0.3) is 5.91 Å². The lowest BCUT2D eigenvalue weighted by molar-refractivity contribution is 0.0924. The predicted octanol–water partition coefficient (Wildman–Crippen LogP) is 3.14. The molecule has 1 aliphatic rings. The van der Waals surface area contributed by atoms with Crippen LogP contribution in [0.2, 0.25) is 0 Å². The minimum absolute atomic E-state index is 0.148. The highest BCUT2D eigenvalue weighted by Gasteiger charge is 2.36. The number of hydrogen-bond acceptors (Lipinski definition) is 4. The maximum absolute atomic E-state index is 12.3. The van der Waals surface area contributed by atoms with Gasteiger partial charge >= 0.3 is 0 Å². The van der Waals surface area contributed by atoms with Crippen molar-refractivity contribution in [1.29, 1.82) is 5.26 Å². The average molecular weight is 277 g/mol. The second-order valence-electron chi connectivity index (χ2n) is 5.48. The number of hydrogen-bond donors (Lipinski definition) is 1. The van der Waals surface area contributed by atoms with Gasteiger partial charge in [0.05, 0.1) is 16.8 Å². The first-order chi connectivity index (χ1) is 8.97. The van der Waals surface area contributed by atoms with Gasteiger partial charge in [0.15, 0.2) is 0 Å². The van der Waals surface area contributed by atoms with Crippen molar-refractivity contribution < 1.29 is 4.79 Å². The molecule has 4 nitrogen and oxygen atoms in total. The van der Waals surface area contributed by atoms with Crippen molar-refractivity contribution in [1.82, 2.24) is 10.3 Å². The molecule has 1 heterocycles. The molecule has 0 bridgehead atoms. The molecule has 19 heavy (non-hydrogen) atoms. The minimum Gasteiger partial charge on any atom is -0.333 e. The number of amides is 1. The molecule has 1 fully saturated rings. The summed E-state index contributed by atoms with van der Waals surface area (Å²) in [5.74, 6) is 0.173. The maximum atomic E-state index is 12.3. The maximum Gasteiger partial charge on any atom is 0.264 e. The molecular formula is C14H19N3OS. The van der Waals surface area contributed by atoms with Crippen LogP contribution in [0.25, 0.3) is 0 Å². The van der Waals surface area contributed by atoms with E-state index in [1.54, 1.807) is 0 Å². The molecule has 0 radical (unpaired) electrons. The van der Waals surface area contributed by atoms with Crippen molar-refractivity contribution in [2.45, 2.75) is 57.9 Å². The van der Waals surface area contributed by atoms with Gasteiger partial charge in [-0.3, -0.25) is 4.79 Å². The van der Waals surface area contributed by atoms with Crippen molar-refractivity contribution in [3.63, 3.8) is 0 Å². The van der Waals surface area contributed by atoms with Gasteiger partial charge in [0.2, 0.25) is 0 Å². The summed E-state index contributed by atoms with van der Waals surface area (Å²) in [5.41, 5.74) is 0.100. The normalized spacial score (nSPS) is 17.4. The Morgan fingerprint density at radius 1 is 1.47 bits per heavy atom. The Morgan fingerprint density at radius 2 is 2.11 bits per heavy atom. The zero-order chi connectivity index (χ0) is 14.0. The summed E-state index contributed by atoms with van der Waals surface area (Å²) in [6.07, 6.45) is 3.52. The molecule has 102 valence electrons. The molecule has 1 aromatic heterocycles. The smallest absolute Gasteiger partial charge is 0.264 e. The Kier molecular flexibility index (Phi) is 3.91. The molecule has 2 rings (SSSR count). The molecule has 1 N–H and O–H groups in total. The van der Waals surface area contributed by atoms with Crippen molar-refractivity contribution >= 4 is 17.2 Å². The van der Waals surface area contributed by atoms with E-state index in [1.165, 1.54) is 11.3 Å². The number of rotatable bonds is 3. The highest BCUT2D eigenvalue weighted by Crippen LogP contribution is 2.30. The molecule has 5 heteroatoms. The van der Waals surface area contributed by atoms with Crippen LogP contribution >= 0.6 is 11.3 Å². The second kappa shape index (κ2) is 5.30. The van der Waals surface area contributed by atoms with E-state index in [4.69, 9.17) is 0 Å². The zero-order valence-electron chi connectivity index (χ0n) is 11.6. The summed E-state index contributed by atoms with van der Waals surface area (Å²) in [5, 5.41) is 13.2. The quantitative estimate of drug-likeness (QED) is 0.923. The van der Waals surface area contributed by atoms with Crippen LogP contribution in [0.3, 0.4) is 0 Å². The third kappa shape index (κ3) is 2.79. The van der Waals surface area contributed by atoms with Crippen molar-refractivity contribution in [2.24, 2.45) is 0 Å². The summed E-state index contributed by atoms with van der Waals surface area (Å²) >= 11 is 1.44. The van der Waals surface area contributed by atoms with E-state index in [0.717, 1.165) is 36.4 Å². The van der Waals surface area contributed by atoms with Crippen LogP contribution in [0.5, 0.6) is 0 Å². The first kappa shape index (κ1) is 14.0. The monoisotopic (exact) mass is 277 g/mol. The average Bonchev–Trinajstić information content (AvgIpc) is 2.96. The highest BCUT2D eigenvalue weighted by atomic mass is 32.1. The van der Waals surface area contributed by atoms with Crippen LogP contribution in [-0.2, 0) is 0 Å². The van der Waals surface area contributed by atoms with E-state index in [0.29, 0.717) is 10.8 Å². The molecule has 0 unspecified atom stereocenters. The Hall–Kier alpha value is -1.41. The van der Waals surface area contributed by atoms with Crippen LogP contribution in [0.4, 0.5) is 0 Å². The Balaban J connectivity index is 2.18. The molecule has 0 saturated heterocycles.